The van der Waals surface area contributed by atoms with Gasteiger partial charge in [0.05, 0.1) is 4.88 Å². The predicted molar refractivity (Wildman–Crippen MR) is 69.6 cm³/mol. The molecule has 0 aliphatic carbocycles. The zero-order valence-corrected chi connectivity index (χ0v) is 10.8. The molecule has 3 heteroatoms. The Hall–Kier alpha value is -0.830. The Morgan fingerprint density at radius 3 is 2.75 bits per heavy atom. The number of nitrogens with zero attached hydrogens (tertiary/aromatic N) is 1. The van der Waals surface area contributed by atoms with E-state index in [1.54, 1.807) is 11.3 Å². The van der Waals surface area contributed by atoms with Crippen LogP contribution in [0.1, 0.15) is 42.8 Å². The lowest BCUT2D eigenvalue weighted by Crippen LogP contribution is -2.25. The van der Waals surface area contributed by atoms with Crippen molar-refractivity contribution in [3.8, 4) is 0 Å². The maximum atomic E-state index is 10.7. The van der Waals surface area contributed by atoms with E-state index < -0.39 is 0 Å². The second-order valence-corrected chi connectivity index (χ2v) is 5.65. The van der Waals surface area contributed by atoms with Crippen molar-refractivity contribution < 1.29 is 4.79 Å². The van der Waals surface area contributed by atoms with E-state index >= 15 is 0 Å². The van der Waals surface area contributed by atoms with Gasteiger partial charge in [0.2, 0.25) is 0 Å². The van der Waals surface area contributed by atoms with E-state index in [4.69, 9.17) is 0 Å². The van der Waals surface area contributed by atoms with Gasteiger partial charge in [-0.05, 0) is 30.7 Å². The molecular weight excluding hydrogens is 218 g/mol. The molecule has 2 heterocycles. The number of hydrogen-bond acceptors (Lipinski definition) is 3. The van der Waals surface area contributed by atoms with E-state index in [-0.39, 0.29) is 0 Å². The first-order valence-corrected chi connectivity index (χ1v) is 6.89. The molecule has 0 unspecified atom stereocenters. The van der Waals surface area contributed by atoms with Gasteiger partial charge in [0.1, 0.15) is 0 Å². The van der Waals surface area contributed by atoms with Crippen molar-refractivity contribution in [2.45, 2.75) is 33.1 Å². The van der Waals surface area contributed by atoms with Crippen molar-refractivity contribution in [2.75, 3.05) is 18.0 Å². The molecule has 2 rings (SSSR count). The van der Waals surface area contributed by atoms with E-state index in [2.05, 4.69) is 24.1 Å². The quantitative estimate of drug-likeness (QED) is 0.746. The molecule has 88 valence electrons. The predicted octanol–water partition coefficient (Wildman–Crippen LogP) is 3.58. The number of rotatable bonds is 4. The molecule has 1 aromatic heterocycles. The van der Waals surface area contributed by atoms with Crippen molar-refractivity contribution in [1.82, 2.24) is 0 Å². The Morgan fingerprint density at radius 2 is 2.25 bits per heavy atom. The van der Waals surface area contributed by atoms with Gasteiger partial charge in [0.25, 0.3) is 0 Å². The molecule has 0 spiro atoms. The molecule has 1 aliphatic rings. The first-order chi connectivity index (χ1) is 7.73. The van der Waals surface area contributed by atoms with Crippen LogP contribution in [-0.4, -0.2) is 19.4 Å². The first kappa shape index (κ1) is 11.6. The van der Waals surface area contributed by atoms with Crippen LogP contribution < -0.4 is 4.90 Å². The summed E-state index contributed by atoms with van der Waals surface area (Å²) in [5.74, 6) is 0. The van der Waals surface area contributed by atoms with Gasteiger partial charge in [-0.3, -0.25) is 4.79 Å². The summed E-state index contributed by atoms with van der Waals surface area (Å²) in [6.07, 6.45) is 4.73. The van der Waals surface area contributed by atoms with Crippen LogP contribution in [0.15, 0.2) is 11.4 Å². The second kappa shape index (κ2) is 4.58. The summed E-state index contributed by atoms with van der Waals surface area (Å²) in [6, 6.07) is 2.01. The summed E-state index contributed by atoms with van der Waals surface area (Å²) in [5, 5.41) is 2.10. The minimum absolute atomic E-state index is 0.503. The molecular formula is C13H19NOS. The minimum atomic E-state index is 0.503. The SMILES string of the molecule is CCC1(CC)CCN(c2csc(C=O)c2)C1. The normalized spacial score (nSPS) is 19.0. The van der Waals surface area contributed by atoms with Crippen LogP contribution in [0.3, 0.4) is 0 Å². The second-order valence-electron chi connectivity index (χ2n) is 4.70. The molecule has 0 N–H and O–H groups in total. The van der Waals surface area contributed by atoms with E-state index in [0.717, 1.165) is 24.3 Å². The molecule has 1 saturated heterocycles. The zero-order valence-electron chi connectivity index (χ0n) is 10.0. The average Bonchev–Trinajstić information content (AvgIpc) is 2.96. The minimum Gasteiger partial charge on any atom is -0.370 e. The van der Waals surface area contributed by atoms with Crippen LogP contribution in [-0.2, 0) is 0 Å². The van der Waals surface area contributed by atoms with Gasteiger partial charge in [-0.15, -0.1) is 11.3 Å². The summed E-state index contributed by atoms with van der Waals surface area (Å²) >= 11 is 1.54. The van der Waals surface area contributed by atoms with Crippen molar-refractivity contribution in [3.05, 3.63) is 16.3 Å². The molecule has 0 radical (unpaired) electrons. The molecule has 1 aliphatic heterocycles. The fraction of sp³-hybridized carbons (Fsp3) is 0.615. The van der Waals surface area contributed by atoms with E-state index in [0.29, 0.717) is 5.41 Å². The Morgan fingerprint density at radius 1 is 1.50 bits per heavy atom. The van der Waals surface area contributed by atoms with Gasteiger partial charge >= 0.3 is 0 Å². The maximum absolute atomic E-state index is 10.7. The van der Waals surface area contributed by atoms with Crippen LogP contribution >= 0.6 is 11.3 Å². The van der Waals surface area contributed by atoms with Crippen LogP contribution in [0.25, 0.3) is 0 Å². The van der Waals surface area contributed by atoms with Crippen LogP contribution in [0, 0.1) is 5.41 Å². The molecule has 1 fully saturated rings. The van der Waals surface area contributed by atoms with Crippen LogP contribution in [0.5, 0.6) is 0 Å². The van der Waals surface area contributed by atoms with Crippen molar-refractivity contribution in [1.29, 1.82) is 0 Å². The summed E-state index contributed by atoms with van der Waals surface area (Å²) in [4.78, 5) is 13.9. The average molecular weight is 237 g/mol. The molecule has 0 amide bonds. The van der Waals surface area contributed by atoms with Gasteiger partial charge in [0, 0.05) is 24.2 Å². The first-order valence-electron chi connectivity index (χ1n) is 6.01. The number of aldehydes is 1. The Labute approximate surface area is 101 Å². The van der Waals surface area contributed by atoms with E-state index in [1.807, 2.05) is 6.07 Å². The lowest BCUT2D eigenvalue weighted by Gasteiger charge is -2.26. The third-order valence-corrected chi connectivity index (χ3v) is 4.87. The van der Waals surface area contributed by atoms with Crippen LogP contribution in [0.4, 0.5) is 5.69 Å². The monoisotopic (exact) mass is 237 g/mol. The molecule has 1 aromatic rings. The molecule has 0 atom stereocenters. The smallest absolute Gasteiger partial charge is 0.160 e. The standard InChI is InChI=1S/C13H19NOS/c1-3-13(4-2)5-6-14(10-13)11-7-12(8-15)16-9-11/h7-9H,3-6,10H2,1-2H3. The summed E-state index contributed by atoms with van der Waals surface area (Å²) < 4.78 is 0. The van der Waals surface area contributed by atoms with Crippen molar-refractivity contribution in [3.63, 3.8) is 0 Å². The summed E-state index contributed by atoms with van der Waals surface area (Å²) in [5.41, 5.74) is 1.74. The summed E-state index contributed by atoms with van der Waals surface area (Å²) in [7, 11) is 0. The molecule has 0 saturated carbocycles. The molecule has 0 aromatic carbocycles. The van der Waals surface area contributed by atoms with Crippen molar-refractivity contribution >= 4 is 23.3 Å². The summed E-state index contributed by atoms with van der Waals surface area (Å²) in [6.45, 7) is 6.86. The number of hydrogen-bond donors (Lipinski definition) is 0. The fourth-order valence-corrected chi connectivity index (χ4v) is 3.27. The van der Waals surface area contributed by atoms with Crippen molar-refractivity contribution in [2.24, 2.45) is 5.41 Å². The third kappa shape index (κ3) is 2.01. The number of thiophene rings is 1. The van der Waals surface area contributed by atoms with E-state index in [1.165, 1.54) is 24.9 Å². The Kier molecular flexibility index (Phi) is 3.33. The highest BCUT2D eigenvalue weighted by molar-refractivity contribution is 7.12. The zero-order chi connectivity index (χ0) is 11.6. The molecule has 16 heavy (non-hydrogen) atoms. The van der Waals surface area contributed by atoms with Gasteiger partial charge < -0.3 is 4.90 Å². The number of carbonyl (C=O) groups excluding carboxylic acids is 1. The largest absolute Gasteiger partial charge is 0.370 e. The van der Waals surface area contributed by atoms with Gasteiger partial charge in [-0.1, -0.05) is 13.8 Å². The molecule has 2 nitrogen and oxygen atoms in total. The lowest BCUT2D eigenvalue weighted by atomic mass is 9.82. The Bertz CT molecular complexity index is 368. The highest BCUT2D eigenvalue weighted by atomic mass is 32.1. The van der Waals surface area contributed by atoms with E-state index in [9.17, 15) is 4.79 Å². The maximum Gasteiger partial charge on any atom is 0.160 e. The number of carbonyl (C=O) groups is 1. The van der Waals surface area contributed by atoms with Gasteiger partial charge in [0.15, 0.2) is 6.29 Å². The van der Waals surface area contributed by atoms with Gasteiger partial charge in [-0.25, -0.2) is 0 Å². The fourth-order valence-electron chi connectivity index (χ4n) is 2.55. The highest BCUT2D eigenvalue weighted by Crippen LogP contribution is 2.39. The number of anilines is 1. The third-order valence-electron chi connectivity index (χ3n) is 4.03. The van der Waals surface area contributed by atoms with Gasteiger partial charge in [-0.2, -0.15) is 0 Å². The van der Waals surface area contributed by atoms with Crippen LogP contribution in [0.2, 0.25) is 0 Å². The molecule has 0 bridgehead atoms. The highest BCUT2D eigenvalue weighted by Gasteiger charge is 2.35. The lowest BCUT2D eigenvalue weighted by molar-refractivity contribution is 0.112. The Balaban J connectivity index is 2.11. The topological polar surface area (TPSA) is 20.3 Å².